The normalized spacial score (nSPS) is 20.1. The van der Waals surface area contributed by atoms with Crippen LogP contribution in [-0.4, -0.2) is 35.6 Å². The fraction of sp³-hybridized carbons (Fsp3) is 0.379. The summed E-state index contributed by atoms with van der Waals surface area (Å²) in [5.74, 6) is 0.121. The van der Waals surface area contributed by atoms with E-state index in [1.54, 1.807) is 12.1 Å². The van der Waals surface area contributed by atoms with Crippen LogP contribution < -0.4 is 10.1 Å². The highest BCUT2D eigenvalue weighted by Crippen LogP contribution is 2.47. The summed E-state index contributed by atoms with van der Waals surface area (Å²) in [4.78, 5) is 18.4. The molecule has 2 aromatic carbocycles. The average molecular weight is 544 g/mol. The van der Waals surface area contributed by atoms with Gasteiger partial charge in [0.05, 0.1) is 6.04 Å². The lowest BCUT2D eigenvalue weighted by Crippen LogP contribution is -2.40. The van der Waals surface area contributed by atoms with Gasteiger partial charge in [-0.2, -0.15) is 0 Å². The maximum atomic E-state index is 12.5. The molecular formula is C29H29ClF3N3O2. The molecule has 5 rings (SSSR count). The molecule has 1 saturated heterocycles. The second-order valence-corrected chi connectivity index (χ2v) is 10.6. The SMILES string of the molecule is CC(c1ccncc1)(c1cc(Cl)c2c(c1)CN(Cc1ccc(OC(F)(F)F)cc1)C2C=O)C1CCNCC1. The highest BCUT2D eigenvalue weighted by molar-refractivity contribution is 6.31. The van der Waals surface area contributed by atoms with Crippen molar-refractivity contribution in [2.75, 3.05) is 13.1 Å². The standard InChI is InChI=1S/C29H29ClF3N3O2/c1-28(21-6-10-34-11-7-21,22-8-12-35-13-9-22)23-14-20-17-36(26(18-37)27(20)25(30)15-23)16-19-2-4-24(5-3-19)38-29(31,32)33/h2-7,10-11,14-15,18,22,26,35H,8-9,12-13,16-17H2,1H3. The largest absolute Gasteiger partial charge is 0.573 e. The van der Waals surface area contributed by atoms with Crippen LogP contribution in [0.15, 0.2) is 60.9 Å². The maximum absolute atomic E-state index is 12.5. The van der Waals surface area contributed by atoms with Gasteiger partial charge in [0.1, 0.15) is 12.0 Å². The van der Waals surface area contributed by atoms with Crippen molar-refractivity contribution in [3.63, 3.8) is 0 Å². The molecule has 2 aliphatic heterocycles. The van der Waals surface area contributed by atoms with E-state index in [1.807, 2.05) is 23.4 Å². The average Bonchev–Trinajstić information content (AvgIpc) is 3.27. The summed E-state index contributed by atoms with van der Waals surface area (Å²) < 4.78 is 41.5. The summed E-state index contributed by atoms with van der Waals surface area (Å²) in [7, 11) is 0. The molecule has 0 aliphatic carbocycles. The number of nitrogens with one attached hydrogen (secondary N) is 1. The van der Waals surface area contributed by atoms with E-state index in [0.29, 0.717) is 24.0 Å². The Bertz CT molecular complexity index is 1280. The van der Waals surface area contributed by atoms with Gasteiger partial charge in [-0.15, -0.1) is 13.2 Å². The molecular weight excluding hydrogens is 515 g/mol. The minimum absolute atomic E-state index is 0.279. The summed E-state index contributed by atoms with van der Waals surface area (Å²) >= 11 is 6.90. The summed E-state index contributed by atoms with van der Waals surface area (Å²) in [5.41, 5.74) is 4.56. The molecule has 1 fully saturated rings. The molecule has 0 bridgehead atoms. The van der Waals surface area contributed by atoms with Crippen LogP contribution in [0.2, 0.25) is 5.02 Å². The highest BCUT2D eigenvalue weighted by Gasteiger charge is 2.41. The molecule has 38 heavy (non-hydrogen) atoms. The van der Waals surface area contributed by atoms with Crippen molar-refractivity contribution < 1.29 is 22.7 Å². The van der Waals surface area contributed by atoms with Crippen LogP contribution in [0.1, 0.15) is 53.6 Å². The fourth-order valence-electron chi connectivity index (χ4n) is 6.01. The Morgan fingerprint density at radius 2 is 1.76 bits per heavy atom. The number of aldehydes is 1. The van der Waals surface area contributed by atoms with E-state index in [2.05, 4.69) is 40.2 Å². The van der Waals surface area contributed by atoms with Crippen molar-refractivity contribution in [1.82, 2.24) is 15.2 Å². The monoisotopic (exact) mass is 543 g/mol. The Balaban J connectivity index is 1.45. The van der Waals surface area contributed by atoms with Gasteiger partial charge in [0.15, 0.2) is 0 Å². The molecule has 3 aromatic rings. The predicted octanol–water partition coefficient (Wildman–Crippen LogP) is 6.20. The lowest BCUT2D eigenvalue weighted by atomic mass is 9.64. The first kappa shape index (κ1) is 26.7. The van der Waals surface area contributed by atoms with Gasteiger partial charge in [0.2, 0.25) is 0 Å². The third-order valence-corrected chi connectivity index (χ3v) is 8.30. The number of carbonyl (C=O) groups is 1. The Morgan fingerprint density at radius 3 is 2.39 bits per heavy atom. The molecule has 1 N–H and O–H groups in total. The second-order valence-electron chi connectivity index (χ2n) is 10.2. The fourth-order valence-corrected chi connectivity index (χ4v) is 6.36. The molecule has 0 radical (unpaired) electrons. The van der Waals surface area contributed by atoms with Crippen LogP contribution >= 0.6 is 11.6 Å². The molecule has 0 amide bonds. The Hall–Kier alpha value is -2.94. The molecule has 2 unspecified atom stereocenters. The third kappa shape index (κ3) is 5.30. The predicted molar refractivity (Wildman–Crippen MR) is 139 cm³/mol. The van der Waals surface area contributed by atoms with Gasteiger partial charge in [-0.1, -0.05) is 36.7 Å². The Kier molecular flexibility index (Phi) is 7.49. The van der Waals surface area contributed by atoms with E-state index in [1.165, 1.54) is 17.7 Å². The topological polar surface area (TPSA) is 54.5 Å². The zero-order chi connectivity index (χ0) is 26.9. The van der Waals surface area contributed by atoms with Crippen LogP contribution in [0.5, 0.6) is 5.75 Å². The van der Waals surface area contributed by atoms with E-state index in [9.17, 15) is 18.0 Å². The van der Waals surface area contributed by atoms with Crippen molar-refractivity contribution >= 4 is 17.9 Å². The first-order chi connectivity index (χ1) is 18.2. The van der Waals surface area contributed by atoms with E-state index < -0.39 is 12.4 Å². The lowest BCUT2D eigenvalue weighted by molar-refractivity contribution is -0.274. The summed E-state index contributed by atoms with van der Waals surface area (Å²) in [6, 6.07) is 13.5. The Morgan fingerprint density at radius 1 is 1.08 bits per heavy atom. The smallest absolute Gasteiger partial charge is 0.406 e. The minimum atomic E-state index is -4.74. The molecule has 5 nitrogen and oxygen atoms in total. The number of ether oxygens (including phenoxy) is 1. The number of hydrogen-bond acceptors (Lipinski definition) is 5. The number of aromatic nitrogens is 1. The van der Waals surface area contributed by atoms with Crippen molar-refractivity contribution in [3.8, 4) is 5.75 Å². The van der Waals surface area contributed by atoms with E-state index in [-0.39, 0.29) is 11.2 Å². The van der Waals surface area contributed by atoms with Crippen LogP contribution in [0.4, 0.5) is 13.2 Å². The third-order valence-electron chi connectivity index (χ3n) is 7.98. The van der Waals surface area contributed by atoms with Gasteiger partial charge in [-0.3, -0.25) is 9.88 Å². The molecule has 2 atom stereocenters. The number of rotatable bonds is 7. The number of fused-ring (bicyclic) bond motifs is 1. The Labute approximate surface area is 225 Å². The number of nitrogens with zero attached hydrogens (tertiary/aromatic N) is 2. The maximum Gasteiger partial charge on any atom is 0.573 e. The van der Waals surface area contributed by atoms with E-state index in [0.717, 1.165) is 54.5 Å². The highest BCUT2D eigenvalue weighted by atomic mass is 35.5. The molecule has 200 valence electrons. The molecule has 2 aliphatic rings. The minimum Gasteiger partial charge on any atom is -0.406 e. The first-order valence-electron chi connectivity index (χ1n) is 12.7. The van der Waals surface area contributed by atoms with Crippen molar-refractivity contribution in [2.45, 2.75) is 50.7 Å². The van der Waals surface area contributed by atoms with Crippen molar-refractivity contribution in [2.24, 2.45) is 5.92 Å². The summed E-state index contributed by atoms with van der Waals surface area (Å²) in [5, 5.41) is 4.01. The first-order valence-corrected chi connectivity index (χ1v) is 13.0. The van der Waals surface area contributed by atoms with Gasteiger partial charge < -0.3 is 14.8 Å². The molecule has 0 saturated carbocycles. The quantitative estimate of drug-likeness (QED) is 0.360. The van der Waals surface area contributed by atoms with E-state index >= 15 is 0 Å². The van der Waals surface area contributed by atoms with Gasteiger partial charge in [0.25, 0.3) is 0 Å². The van der Waals surface area contributed by atoms with Gasteiger partial charge in [-0.25, -0.2) is 0 Å². The van der Waals surface area contributed by atoms with Crippen LogP contribution in [0.25, 0.3) is 0 Å². The van der Waals surface area contributed by atoms with Crippen LogP contribution in [0.3, 0.4) is 0 Å². The van der Waals surface area contributed by atoms with Crippen molar-refractivity contribution in [3.05, 3.63) is 93.8 Å². The van der Waals surface area contributed by atoms with Crippen LogP contribution in [0, 0.1) is 5.92 Å². The summed E-state index contributed by atoms with van der Waals surface area (Å²) in [6.07, 6.45) is 1.84. The number of pyridine rings is 1. The zero-order valence-electron chi connectivity index (χ0n) is 21.0. The number of carbonyl (C=O) groups excluding carboxylic acids is 1. The second kappa shape index (κ2) is 10.7. The lowest BCUT2D eigenvalue weighted by Gasteiger charge is -2.41. The summed E-state index contributed by atoms with van der Waals surface area (Å²) in [6.45, 7) is 5.07. The van der Waals surface area contributed by atoms with E-state index in [4.69, 9.17) is 11.6 Å². The van der Waals surface area contributed by atoms with Gasteiger partial charge in [-0.05, 0) is 90.0 Å². The molecule has 9 heteroatoms. The number of hydrogen-bond donors (Lipinski definition) is 1. The number of alkyl halides is 3. The van der Waals surface area contributed by atoms with Crippen molar-refractivity contribution in [1.29, 1.82) is 0 Å². The van der Waals surface area contributed by atoms with Gasteiger partial charge >= 0.3 is 6.36 Å². The number of benzene rings is 2. The van der Waals surface area contributed by atoms with Gasteiger partial charge in [0, 0.05) is 35.9 Å². The van der Waals surface area contributed by atoms with Crippen LogP contribution in [-0.2, 0) is 23.3 Å². The zero-order valence-corrected chi connectivity index (χ0v) is 21.7. The number of halogens is 4. The molecule has 1 aromatic heterocycles. The molecule has 0 spiro atoms. The number of piperidine rings is 1. The molecule has 3 heterocycles.